The molecule has 0 atom stereocenters. The van der Waals surface area contributed by atoms with Crippen LogP contribution < -0.4 is 0 Å². The number of aryl methyl sites for hydroxylation is 1. The van der Waals surface area contributed by atoms with Gasteiger partial charge in [0, 0.05) is 24.6 Å². The van der Waals surface area contributed by atoms with Gasteiger partial charge in [0.2, 0.25) is 5.95 Å². The summed E-state index contributed by atoms with van der Waals surface area (Å²) in [7, 11) is 0. The largest absolute Gasteiger partial charge is 0.313 e. The van der Waals surface area contributed by atoms with Crippen LogP contribution in [0.5, 0.6) is 0 Å². The monoisotopic (exact) mass is 372 g/mol. The maximum atomic E-state index is 4.51. The van der Waals surface area contributed by atoms with E-state index in [0.717, 1.165) is 12.5 Å². The van der Waals surface area contributed by atoms with Crippen molar-refractivity contribution in [1.29, 1.82) is 0 Å². The molecule has 152 valence electrons. The third-order valence-corrected chi connectivity index (χ3v) is 5.48. The number of aromatic nitrogens is 4. The van der Waals surface area contributed by atoms with Gasteiger partial charge in [-0.15, -0.1) is 0 Å². The molecule has 4 heteroatoms. The van der Waals surface area contributed by atoms with E-state index in [9.17, 15) is 0 Å². The van der Waals surface area contributed by atoms with Crippen molar-refractivity contribution >= 4 is 0 Å². The predicted molar refractivity (Wildman–Crippen MR) is 114 cm³/mol. The highest BCUT2D eigenvalue weighted by molar-refractivity contribution is 5.16. The summed E-state index contributed by atoms with van der Waals surface area (Å²) in [6.07, 6.45) is 25.3. The zero-order valence-electron chi connectivity index (χ0n) is 17.7. The molecule has 27 heavy (non-hydrogen) atoms. The van der Waals surface area contributed by atoms with Gasteiger partial charge < -0.3 is 4.57 Å². The topological polar surface area (TPSA) is 35.6 Å². The first-order chi connectivity index (χ1) is 13.3. The summed E-state index contributed by atoms with van der Waals surface area (Å²) in [5, 5.41) is 4.31. The van der Waals surface area contributed by atoms with E-state index in [0.29, 0.717) is 0 Å². The van der Waals surface area contributed by atoms with Crippen molar-refractivity contribution < 1.29 is 0 Å². The second-order valence-corrected chi connectivity index (χ2v) is 7.90. The lowest BCUT2D eigenvalue weighted by molar-refractivity contribution is 0.519. The van der Waals surface area contributed by atoms with Crippen molar-refractivity contribution in [3.63, 3.8) is 0 Å². The second kappa shape index (κ2) is 13.6. The van der Waals surface area contributed by atoms with Crippen molar-refractivity contribution in [3.05, 3.63) is 30.4 Å². The fourth-order valence-electron chi connectivity index (χ4n) is 3.76. The quantitative estimate of drug-likeness (QED) is 0.302. The molecule has 2 heterocycles. The summed E-state index contributed by atoms with van der Waals surface area (Å²) in [5.41, 5.74) is 1.22. The Hall–Kier alpha value is -1.58. The Kier molecular flexibility index (Phi) is 10.9. The Morgan fingerprint density at radius 3 is 1.85 bits per heavy atom. The molecule has 0 bridgehead atoms. The Labute approximate surface area is 166 Å². The molecular formula is C23H40N4. The van der Waals surface area contributed by atoms with E-state index in [-0.39, 0.29) is 0 Å². The summed E-state index contributed by atoms with van der Waals surface area (Å²) < 4.78 is 4.14. The minimum atomic E-state index is 0.937. The molecule has 2 rings (SSSR count). The molecule has 2 aromatic rings. The van der Waals surface area contributed by atoms with E-state index in [1.165, 1.54) is 95.6 Å². The van der Waals surface area contributed by atoms with E-state index in [4.69, 9.17) is 0 Å². The van der Waals surface area contributed by atoms with E-state index in [2.05, 4.69) is 28.5 Å². The predicted octanol–water partition coefficient (Wildman–Crippen LogP) is 6.86. The van der Waals surface area contributed by atoms with Crippen LogP contribution in [0.15, 0.2) is 24.7 Å². The van der Waals surface area contributed by atoms with Crippen LogP contribution in [0.2, 0.25) is 0 Å². The zero-order valence-corrected chi connectivity index (χ0v) is 17.7. The zero-order chi connectivity index (χ0) is 19.2. The number of rotatable bonds is 16. The van der Waals surface area contributed by atoms with Crippen LogP contribution in [0, 0.1) is 6.92 Å². The second-order valence-electron chi connectivity index (χ2n) is 7.90. The van der Waals surface area contributed by atoms with Crippen molar-refractivity contribution in [1.82, 2.24) is 19.3 Å². The molecule has 4 nitrogen and oxygen atoms in total. The summed E-state index contributed by atoms with van der Waals surface area (Å²) in [6.45, 7) is 5.46. The first-order valence-corrected chi connectivity index (χ1v) is 11.3. The molecule has 0 fully saturated rings. The lowest BCUT2D eigenvalue weighted by Gasteiger charge is -2.10. The molecular weight excluding hydrogens is 332 g/mol. The molecule has 0 aliphatic heterocycles. The number of imidazole rings is 1. The lowest BCUT2D eigenvalue weighted by atomic mass is 10.0. The normalized spacial score (nSPS) is 11.3. The van der Waals surface area contributed by atoms with Crippen LogP contribution in [-0.2, 0) is 6.54 Å². The number of nitrogens with zero attached hydrogens (tertiary/aromatic N) is 4. The lowest BCUT2D eigenvalue weighted by Crippen LogP contribution is -2.09. The minimum absolute atomic E-state index is 0.937. The van der Waals surface area contributed by atoms with Crippen molar-refractivity contribution in [2.45, 2.75) is 110 Å². The van der Waals surface area contributed by atoms with Gasteiger partial charge in [-0.25, -0.2) is 9.67 Å². The van der Waals surface area contributed by atoms with Gasteiger partial charge in [0.1, 0.15) is 0 Å². The van der Waals surface area contributed by atoms with E-state index < -0.39 is 0 Å². The Morgan fingerprint density at radius 2 is 1.33 bits per heavy atom. The minimum Gasteiger partial charge on any atom is -0.313 e. The van der Waals surface area contributed by atoms with Crippen molar-refractivity contribution in [2.75, 3.05) is 0 Å². The first-order valence-electron chi connectivity index (χ1n) is 11.3. The van der Waals surface area contributed by atoms with Crippen LogP contribution in [0.4, 0.5) is 0 Å². The van der Waals surface area contributed by atoms with Crippen molar-refractivity contribution in [3.8, 4) is 5.95 Å². The van der Waals surface area contributed by atoms with Gasteiger partial charge >= 0.3 is 0 Å². The SMILES string of the molecule is CCCCCCCCCCCCCCCCn1c(C)cnc1-n1cccn1. The maximum absolute atomic E-state index is 4.51. The maximum Gasteiger partial charge on any atom is 0.230 e. The van der Waals surface area contributed by atoms with Gasteiger partial charge in [-0.1, -0.05) is 90.4 Å². The third kappa shape index (κ3) is 8.32. The summed E-state index contributed by atoms with van der Waals surface area (Å²) in [6, 6.07) is 1.95. The van der Waals surface area contributed by atoms with Crippen LogP contribution >= 0.6 is 0 Å². The smallest absolute Gasteiger partial charge is 0.230 e. The fraction of sp³-hybridized carbons (Fsp3) is 0.739. The van der Waals surface area contributed by atoms with Gasteiger partial charge in [-0.3, -0.25) is 0 Å². The number of hydrogen-bond donors (Lipinski definition) is 0. The molecule has 0 N–H and O–H groups in total. The van der Waals surface area contributed by atoms with E-state index >= 15 is 0 Å². The van der Waals surface area contributed by atoms with Gasteiger partial charge in [0.05, 0.1) is 6.20 Å². The van der Waals surface area contributed by atoms with Gasteiger partial charge in [0.25, 0.3) is 0 Å². The van der Waals surface area contributed by atoms with Crippen LogP contribution in [-0.4, -0.2) is 19.3 Å². The van der Waals surface area contributed by atoms with Crippen LogP contribution in [0.25, 0.3) is 5.95 Å². The molecule has 0 aromatic carbocycles. The van der Waals surface area contributed by atoms with Gasteiger partial charge in [0.15, 0.2) is 0 Å². The molecule has 0 unspecified atom stereocenters. The Morgan fingerprint density at radius 1 is 0.778 bits per heavy atom. The molecule has 0 saturated heterocycles. The molecule has 0 spiro atoms. The highest BCUT2D eigenvalue weighted by Crippen LogP contribution is 2.14. The average Bonchev–Trinajstić information content (AvgIpc) is 3.32. The Bertz CT molecular complexity index is 586. The standard InChI is InChI=1S/C23H40N4/c1-3-4-5-6-7-8-9-10-11-12-13-14-15-16-19-26-22(2)21-24-23(26)27-20-17-18-25-27/h17-18,20-21H,3-16,19H2,1-2H3. The average molecular weight is 373 g/mol. The highest BCUT2D eigenvalue weighted by Gasteiger charge is 2.08. The first kappa shape index (κ1) is 21.7. The molecule has 0 radical (unpaired) electrons. The molecule has 0 saturated carbocycles. The summed E-state index contributed by atoms with van der Waals surface area (Å²) in [4.78, 5) is 4.51. The van der Waals surface area contributed by atoms with Crippen LogP contribution in [0.1, 0.15) is 103 Å². The van der Waals surface area contributed by atoms with Crippen molar-refractivity contribution in [2.24, 2.45) is 0 Å². The molecule has 0 aliphatic rings. The van der Waals surface area contributed by atoms with E-state index in [1.54, 1.807) is 6.20 Å². The molecule has 2 aromatic heterocycles. The molecule has 0 amide bonds. The Balaban J connectivity index is 1.45. The summed E-state index contributed by atoms with van der Waals surface area (Å²) in [5.74, 6) is 0.937. The van der Waals surface area contributed by atoms with E-state index in [1.807, 2.05) is 23.1 Å². The fourth-order valence-corrected chi connectivity index (χ4v) is 3.76. The van der Waals surface area contributed by atoms with Gasteiger partial charge in [-0.05, 0) is 19.4 Å². The summed E-state index contributed by atoms with van der Waals surface area (Å²) >= 11 is 0. The highest BCUT2D eigenvalue weighted by atomic mass is 15.4. The molecule has 0 aliphatic carbocycles. The van der Waals surface area contributed by atoms with Gasteiger partial charge in [-0.2, -0.15) is 5.10 Å². The number of hydrogen-bond acceptors (Lipinski definition) is 2. The third-order valence-electron chi connectivity index (χ3n) is 5.48. The van der Waals surface area contributed by atoms with Crippen LogP contribution in [0.3, 0.4) is 0 Å². The number of unbranched alkanes of at least 4 members (excludes halogenated alkanes) is 13.